The molecule has 84 valence electrons. The molecule has 0 radical (unpaired) electrons. The summed E-state index contributed by atoms with van der Waals surface area (Å²) in [5.74, 6) is -0.789. The molecular weight excluding hydrogens is 243 g/mol. The second-order valence-corrected chi connectivity index (χ2v) is 5.65. The lowest BCUT2D eigenvalue weighted by molar-refractivity contribution is 0.338. The van der Waals surface area contributed by atoms with Gasteiger partial charge in [-0.2, -0.15) is 0 Å². The van der Waals surface area contributed by atoms with Crippen LogP contribution in [0.4, 0.5) is 4.39 Å². The van der Waals surface area contributed by atoms with Crippen molar-refractivity contribution >= 4 is 19.7 Å². The highest BCUT2D eigenvalue weighted by Gasteiger charge is 2.12. The van der Waals surface area contributed by atoms with Crippen LogP contribution in [0.25, 0.3) is 0 Å². The van der Waals surface area contributed by atoms with Gasteiger partial charge >= 0.3 is 0 Å². The first-order chi connectivity index (χ1) is 6.92. The number of halogens is 2. The first-order valence-electron chi connectivity index (χ1n) is 4.26. The van der Waals surface area contributed by atoms with E-state index in [4.69, 9.17) is 15.4 Å². The van der Waals surface area contributed by atoms with Crippen LogP contribution < -0.4 is 4.74 Å². The normalized spacial score (nSPS) is 11.4. The van der Waals surface area contributed by atoms with Crippen molar-refractivity contribution in [1.82, 2.24) is 0 Å². The van der Waals surface area contributed by atoms with Crippen molar-refractivity contribution in [1.29, 1.82) is 0 Å². The van der Waals surface area contributed by atoms with Gasteiger partial charge in [0.05, 0.1) is 12.4 Å². The van der Waals surface area contributed by atoms with Crippen LogP contribution in [-0.4, -0.2) is 15.0 Å². The third kappa shape index (κ3) is 4.05. The second kappa shape index (κ2) is 4.81. The van der Waals surface area contributed by atoms with Crippen LogP contribution in [-0.2, 0) is 14.8 Å². The highest BCUT2D eigenvalue weighted by atomic mass is 35.7. The highest BCUT2D eigenvalue weighted by Crippen LogP contribution is 2.19. The predicted molar refractivity (Wildman–Crippen MR) is 56.0 cm³/mol. The molecule has 0 heterocycles. The number of ether oxygens (including phenoxy) is 1. The molecule has 1 aromatic rings. The minimum Gasteiger partial charge on any atom is -0.494 e. The van der Waals surface area contributed by atoms with E-state index in [1.54, 1.807) is 6.92 Å². The average Bonchev–Trinajstić information content (AvgIpc) is 2.08. The molecule has 0 bridgehead atoms. The molecule has 0 aliphatic rings. The molecule has 1 aromatic carbocycles. The maximum atomic E-state index is 13.3. The summed E-state index contributed by atoms with van der Waals surface area (Å²) in [6.07, 6.45) is 0. The van der Waals surface area contributed by atoms with Gasteiger partial charge in [-0.15, -0.1) is 0 Å². The Balaban J connectivity index is 2.93. The molecule has 0 atom stereocenters. The SMILES string of the molecule is CCOc1ccc(CS(=O)(=O)Cl)c(F)c1. The van der Waals surface area contributed by atoms with Gasteiger partial charge in [0, 0.05) is 22.3 Å². The zero-order valence-electron chi connectivity index (χ0n) is 8.04. The summed E-state index contributed by atoms with van der Waals surface area (Å²) in [6, 6.07) is 3.99. The molecule has 0 saturated heterocycles. The van der Waals surface area contributed by atoms with Crippen LogP contribution >= 0.6 is 10.7 Å². The maximum absolute atomic E-state index is 13.3. The third-order valence-corrected chi connectivity index (χ3v) is 2.65. The molecule has 0 amide bonds. The molecule has 0 saturated carbocycles. The minimum atomic E-state index is -3.73. The van der Waals surface area contributed by atoms with Gasteiger partial charge in [0.25, 0.3) is 0 Å². The number of rotatable bonds is 4. The van der Waals surface area contributed by atoms with Crippen LogP contribution in [0.2, 0.25) is 0 Å². The van der Waals surface area contributed by atoms with E-state index in [2.05, 4.69) is 0 Å². The van der Waals surface area contributed by atoms with Gasteiger partial charge in [-0.3, -0.25) is 0 Å². The number of hydrogen-bond acceptors (Lipinski definition) is 3. The summed E-state index contributed by atoms with van der Waals surface area (Å²) in [6.45, 7) is 2.20. The van der Waals surface area contributed by atoms with Crippen molar-refractivity contribution in [2.24, 2.45) is 0 Å². The van der Waals surface area contributed by atoms with Crippen molar-refractivity contribution in [3.63, 3.8) is 0 Å². The Bertz CT molecular complexity index is 445. The lowest BCUT2D eigenvalue weighted by Gasteiger charge is -2.05. The minimum absolute atomic E-state index is 0.0356. The fourth-order valence-corrected chi connectivity index (χ4v) is 2.05. The third-order valence-electron chi connectivity index (χ3n) is 1.66. The van der Waals surface area contributed by atoms with E-state index in [1.165, 1.54) is 12.1 Å². The van der Waals surface area contributed by atoms with Crippen LogP contribution in [0, 0.1) is 5.82 Å². The fraction of sp³-hybridized carbons (Fsp3) is 0.333. The molecular formula is C9H10ClFO3S. The van der Waals surface area contributed by atoms with E-state index >= 15 is 0 Å². The average molecular weight is 253 g/mol. The quantitative estimate of drug-likeness (QED) is 0.773. The standard InChI is InChI=1S/C9H10ClFO3S/c1-2-14-8-4-3-7(9(11)5-8)6-15(10,12)13/h3-5H,2,6H2,1H3. The Kier molecular flexibility index (Phi) is 3.93. The van der Waals surface area contributed by atoms with Crippen molar-refractivity contribution in [2.45, 2.75) is 12.7 Å². The summed E-state index contributed by atoms with van der Waals surface area (Å²) >= 11 is 0. The van der Waals surface area contributed by atoms with E-state index < -0.39 is 20.6 Å². The molecule has 0 fully saturated rings. The molecule has 0 aliphatic heterocycles. The molecule has 1 rings (SSSR count). The van der Waals surface area contributed by atoms with Gasteiger partial charge in [0.15, 0.2) is 0 Å². The van der Waals surface area contributed by atoms with E-state index in [0.717, 1.165) is 6.07 Å². The lowest BCUT2D eigenvalue weighted by atomic mass is 10.2. The Morgan fingerprint density at radius 2 is 2.13 bits per heavy atom. The molecule has 0 unspecified atom stereocenters. The fourth-order valence-electron chi connectivity index (χ4n) is 1.09. The molecule has 15 heavy (non-hydrogen) atoms. The molecule has 0 aliphatic carbocycles. The summed E-state index contributed by atoms with van der Waals surface area (Å²) in [7, 11) is 1.28. The molecule has 0 spiro atoms. The maximum Gasteiger partial charge on any atom is 0.236 e. The summed E-state index contributed by atoms with van der Waals surface area (Å²) in [5.41, 5.74) is 0.0356. The second-order valence-electron chi connectivity index (χ2n) is 2.87. The zero-order valence-corrected chi connectivity index (χ0v) is 9.61. The molecule has 3 nitrogen and oxygen atoms in total. The summed E-state index contributed by atoms with van der Waals surface area (Å²) in [4.78, 5) is 0. The Hall–Kier alpha value is -0.810. The zero-order chi connectivity index (χ0) is 11.5. The molecule has 0 aromatic heterocycles. The van der Waals surface area contributed by atoms with Crippen molar-refractivity contribution < 1.29 is 17.5 Å². The highest BCUT2D eigenvalue weighted by molar-refractivity contribution is 8.13. The number of benzene rings is 1. The van der Waals surface area contributed by atoms with E-state index in [9.17, 15) is 12.8 Å². The Morgan fingerprint density at radius 3 is 2.60 bits per heavy atom. The summed E-state index contributed by atoms with van der Waals surface area (Å²) in [5, 5.41) is 0. The molecule has 6 heteroatoms. The smallest absolute Gasteiger partial charge is 0.236 e. The molecule has 0 N–H and O–H groups in total. The first-order valence-corrected chi connectivity index (χ1v) is 6.74. The monoisotopic (exact) mass is 252 g/mol. The van der Waals surface area contributed by atoms with Gasteiger partial charge < -0.3 is 4.74 Å². The van der Waals surface area contributed by atoms with Gasteiger partial charge in [-0.1, -0.05) is 6.07 Å². The van der Waals surface area contributed by atoms with E-state index in [0.29, 0.717) is 12.4 Å². The summed E-state index contributed by atoms with van der Waals surface area (Å²) < 4.78 is 39.8. The van der Waals surface area contributed by atoms with Crippen molar-refractivity contribution in [2.75, 3.05) is 6.61 Å². The predicted octanol–water partition coefficient (Wildman–Crippen LogP) is 2.29. The van der Waals surface area contributed by atoms with E-state index in [-0.39, 0.29) is 5.56 Å². The number of hydrogen-bond donors (Lipinski definition) is 0. The van der Waals surface area contributed by atoms with Crippen LogP contribution in [0.3, 0.4) is 0 Å². The van der Waals surface area contributed by atoms with Gasteiger partial charge in [0.2, 0.25) is 9.05 Å². The van der Waals surface area contributed by atoms with Gasteiger partial charge in [0.1, 0.15) is 11.6 Å². The van der Waals surface area contributed by atoms with Crippen LogP contribution in [0.5, 0.6) is 5.75 Å². The van der Waals surface area contributed by atoms with Crippen LogP contribution in [0.15, 0.2) is 18.2 Å². The lowest BCUT2D eigenvalue weighted by Crippen LogP contribution is -1.99. The van der Waals surface area contributed by atoms with Gasteiger partial charge in [-0.05, 0) is 13.0 Å². The Morgan fingerprint density at radius 1 is 1.47 bits per heavy atom. The van der Waals surface area contributed by atoms with Crippen molar-refractivity contribution in [3.05, 3.63) is 29.6 Å². The first kappa shape index (κ1) is 12.3. The largest absolute Gasteiger partial charge is 0.494 e. The van der Waals surface area contributed by atoms with Gasteiger partial charge in [-0.25, -0.2) is 12.8 Å². The topological polar surface area (TPSA) is 43.4 Å². The van der Waals surface area contributed by atoms with Crippen LogP contribution in [0.1, 0.15) is 12.5 Å². The van der Waals surface area contributed by atoms with E-state index in [1.807, 2.05) is 0 Å². The Labute approximate surface area is 92.2 Å². The van der Waals surface area contributed by atoms with Crippen molar-refractivity contribution in [3.8, 4) is 5.75 Å².